The molecule has 0 amide bonds. The summed E-state index contributed by atoms with van der Waals surface area (Å²) in [7, 11) is 0. The van der Waals surface area contributed by atoms with Crippen molar-refractivity contribution in [2.75, 3.05) is 0 Å². The third-order valence-electron chi connectivity index (χ3n) is 3.23. The average Bonchev–Trinajstić information content (AvgIpc) is 2.17. The van der Waals surface area contributed by atoms with E-state index in [1.54, 1.807) is 0 Å². The molecular formula is C12H20O2. The Labute approximate surface area is 86.0 Å². The lowest BCUT2D eigenvalue weighted by Crippen LogP contribution is -2.15. The van der Waals surface area contributed by atoms with Gasteiger partial charge in [-0.25, -0.2) is 0 Å². The van der Waals surface area contributed by atoms with Gasteiger partial charge in [0.2, 0.25) is 0 Å². The maximum Gasteiger partial charge on any atom is 0.303 e. The number of carbonyl (C=O) groups is 1. The summed E-state index contributed by atoms with van der Waals surface area (Å²) in [5, 5.41) is 8.57. The van der Waals surface area contributed by atoms with Crippen LogP contribution in [-0.2, 0) is 4.79 Å². The minimum atomic E-state index is -0.654. The smallest absolute Gasteiger partial charge is 0.303 e. The van der Waals surface area contributed by atoms with E-state index in [-0.39, 0.29) is 0 Å². The van der Waals surface area contributed by atoms with E-state index in [1.807, 2.05) is 6.08 Å². The fourth-order valence-corrected chi connectivity index (χ4v) is 2.32. The van der Waals surface area contributed by atoms with E-state index in [9.17, 15) is 4.79 Å². The highest BCUT2D eigenvalue weighted by atomic mass is 16.4. The number of rotatable bonds is 5. The van der Waals surface area contributed by atoms with E-state index >= 15 is 0 Å². The van der Waals surface area contributed by atoms with Gasteiger partial charge in [-0.05, 0) is 37.5 Å². The molecule has 0 saturated heterocycles. The Balaban J connectivity index is 2.15. The van der Waals surface area contributed by atoms with Crippen LogP contribution in [0.5, 0.6) is 0 Å². The fraction of sp³-hybridized carbons (Fsp3) is 0.750. The predicted molar refractivity (Wildman–Crippen MR) is 57.1 cm³/mol. The van der Waals surface area contributed by atoms with Crippen molar-refractivity contribution in [1.82, 2.24) is 0 Å². The molecule has 0 spiro atoms. The number of hydrogen-bond donors (Lipinski definition) is 1. The number of aliphatic carboxylic acids is 1. The third-order valence-corrected chi connectivity index (χ3v) is 3.23. The predicted octanol–water partition coefficient (Wildman–Crippen LogP) is 3.23. The zero-order valence-corrected chi connectivity index (χ0v) is 8.74. The lowest BCUT2D eigenvalue weighted by Gasteiger charge is -2.27. The molecule has 1 aliphatic rings. The van der Waals surface area contributed by atoms with Gasteiger partial charge in [0.05, 0.1) is 0 Å². The number of allylic oxidation sites excluding steroid dienone is 1. The minimum absolute atomic E-state index is 0.344. The SMILES string of the molecule is C=CCC1CCC(CCC(=O)O)CC1. The Kier molecular flexibility index (Phi) is 4.71. The molecule has 0 radical (unpaired) electrons. The highest BCUT2D eigenvalue weighted by Gasteiger charge is 2.20. The van der Waals surface area contributed by atoms with Gasteiger partial charge >= 0.3 is 5.97 Å². The van der Waals surface area contributed by atoms with E-state index in [0.717, 1.165) is 18.8 Å². The van der Waals surface area contributed by atoms with E-state index in [1.165, 1.54) is 25.7 Å². The van der Waals surface area contributed by atoms with Crippen molar-refractivity contribution >= 4 is 5.97 Å². The Bertz CT molecular complexity index is 190. The summed E-state index contributed by atoms with van der Waals surface area (Å²) in [6.07, 6.45) is 9.30. The van der Waals surface area contributed by atoms with Crippen LogP contribution in [0.1, 0.15) is 44.9 Å². The van der Waals surface area contributed by atoms with Gasteiger partial charge in [-0.1, -0.05) is 18.9 Å². The van der Waals surface area contributed by atoms with E-state index in [4.69, 9.17) is 5.11 Å². The van der Waals surface area contributed by atoms with Crippen molar-refractivity contribution in [3.8, 4) is 0 Å². The second-order valence-electron chi connectivity index (χ2n) is 4.34. The van der Waals surface area contributed by atoms with Crippen molar-refractivity contribution in [2.24, 2.45) is 11.8 Å². The van der Waals surface area contributed by atoms with Crippen molar-refractivity contribution in [3.63, 3.8) is 0 Å². The number of hydrogen-bond acceptors (Lipinski definition) is 1. The van der Waals surface area contributed by atoms with Crippen LogP contribution >= 0.6 is 0 Å². The summed E-state index contributed by atoms with van der Waals surface area (Å²) in [6, 6.07) is 0. The van der Waals surface area contributed by atoms with E-state index in [0.29, 0.717) is 12.3 Å². The van der Waals surface area contributed by atoms with Crippen LogP contribution < -0.4 is 0 Å². The van der Waals surface area contributed by atoms with Crippen LogP contribution in [0.15, 0.2) is 12.7 Å². The quantitative estimate of drug-likeness (QED) is 0.685. The third kappa shape index (κ3) is 3.95. The molecule has 0 aromatic heterocycles. The first-order valence-electron chi connectivity index (χ1n) is 5.55. The molecule has 1 rings (SSSR count). The normalized spacial score (nSPS) is 27.1. The molecule has 0 atom stereocenters. The molecule has 0 aliphatic heterocycles. The molecule has 0 aromatic rings. The largest absolute Gasteiger partial charge is 0.481 e. The highest BCUT2D eigenvalue weighted by molar-refractivity contribution is 5.66. The van der Waals surface area contributed by atoms with Crippen LogP contribution in [0, 0.1) is 11.8 Å². The lowest BCUT2D eigenvalue weighted by atomic mass is 9.79. The maximum atomic E-state index is 10.4. The molecule has 0 unspecified atom stereocenters. The summed E-state index contributed by atoms with van der Waals surface area (Å²) in [6.45, 7) is 3.76. The van der Waals surface area contributed by atoms with E-state index < -0.39 is 5.97 Å². The van der Waals surface area contributed by atoms with Gasteiger partial charge in [0, 0.05) is 6.42 Å². The number of carboxylic acids is 1. The van der Waals surface area contributed by atoms with Crippen molar-refractivity contribution in [2.45, 2.75) is 44.9 Å². The molecule has 1 N–H and O–H groups in total. The Morgan fingerprint density at radius 1 is 1.29 bits per heavy atom. The molecule has 0 aromatic carbocycles. The van der Waals surface area contributed by atoms with Crippen LogP contribution in [0.25, 0.3) is 0 Å². The molecule has 0 bridgehead atoms. The molecule has 2 heteroatoms. The monoisotopic (exact) mass is 196 g/mol. The van der Waals surface area contributed by atoms with Crippen LogP contribution in [-0.4, -0.2) is 11.1 Å². The Morgan fingerprint density at radius 2 is 1.86 bits per heavy atom. The van der Waals surface area contributed by atoms with Crippen LogP contribution in [0.4, 0.5) is 0 Å². The molecule has 2 nitrogen and oxygen atoms in total. The van der Waals surface area contributed by atoms with E-state index in [2.05, 4.69) is 6.58 Å². The van der Waals surface area contributed by atoms with Gasteiger partial charge in [-0.15, -0.1) is 6.58 Å². The van der Waals surface area contributed by atoms with Crippen LogP contribution in [0.3, 0.4) is 0 Å². The Hall–Kier alpha value is -0.790. The average molecular weight is 196 g/mol. The van der Waals surface area contributed by atoms with Gasteiger partial charge in [0.15, 0.2) is 0 Å². The van der Waals surface area contributed by atoms with Gasteiger partial charge in [0.1, 0.15) is 0 Å². The molecular weight excluding hydrogens is 176 g/mol. The topological polar surface area (TPSA) is 37.3 Å². The maximum absolute atomic E-state index is 10.4. The number of carboxylic acid groups (broad SMARTS) is 1. The fourth-order valence-electron chi connectivity index (χ4n) is 2.32. The minimum Gasteiger partial charge on any atom is -0.481 e. The zero-order chi connectivity index (χ0) is 10.4. The first kappa shape index (κ1) is 11.3. The first-order chi connectivity index (χ1) is 6.72. The molecule has 80 valence electrons. The Morgan fingerprint density at radius 3 is 2.36 bits per heavy atom. The zero-order valence-electron chi connectivity index (χ0n) is 8.74. The summed E-state index contributed by atoms with van der Waals surface area (Å²) in [5.41, 5.74) is 0. The van der Waals surface area contributed by atoms with Gasteiger partial charge < -0.3 is 5.11 Å². The summed E-state index contributed by atoms with van der Waals surface area (Å²) < 4.78 is 0. The van der Waals surface area contributed by atoms with Gasteiger partial charge in [-0.2, -0.15) is 0 Å². The first-order valence-corrected chi connectivity index (χ1v) is 5.55. The standard InChI is InChI=1S/C12H20O2/c1-2-3-10-4-6-11(7-5-10)8-9-12(13)14/h2,10-11H,1,3-9H2,(H,13,14). The summed E-state index contributed by atoms with van der Waals surface area (Å²) >= 11 is 0. The summed E-state index contributed by atoms with van der Waals surface area (Å²) in [4.78, 5) is 10.4. The molecule has 1 fully saturated rings. The molecule has 1 aliphatic carbocycles. The second kappa shape index (κ2) is 5.84. The molecule has 0 heterocycles. The lowest BCUT2D eigenvalue weighted by molar-refractivity contribution is -0.137. The van der Waals surface area contributed by atoms with Gasteiger partial charge in [0.25, 0.3) is 0 Å². The summed E-state index contributed by atoms with van der Waals surface area (Å²) in [5.74, 6) is 0.818. The molecule has 1 saturated carbocycles. The second-order valence-corrected chi connectivity index (χ2v) is 4.34. The van der Waals surface area contributed by atoms with Crippen LogP contribution in [0.2, 0.25) is 0 Å². The van der Waals surface area contributed by atoms with Crippen molar-refractivity contribution in [3.05, 3.63) is 12.7 Å². The highest BCUT2D eigenvalue weighted by Crippen LogP contribution is 2.33. The van der Waals surface area contributed by atoms with Gasteiger partial charge in [-0.3, -0.25) is 4.79 Å². The molecule has 14 heavy (non-hydrogen) atoms. The van der Waals surface area contributed by atoms with Crippen molar-refractivity contribution in [1.29, 1.82) is 0 Å². The van der Waals surface area contributed by atoms with Crippen molar-refractivity contribution < 1.29 is 9.90 Å².